The monoisotopic (exact) mass is 483 g/mol. The number of aliphatic hydroxyl groups excluding tert-OH is 1. The Morgan fingerprint density at radius 1 is 1.13 bits per heavy atom. The summed E-state index contributed by atoms with van der Waals surface area (Å²) >= 11 is 7.29. The van der Waals surface area contributed by atoms with E-state index in [0.717, 1.165) is 23.1 Å². The van der Waals surface area contributed by atoms with E-state index in [9.17, 15) is 31.5 Å². The zero-order chi connectivity index (χ0) is 22.7. The van der Waals surface area contributed by atoms with E-state index < -0.39 is 27.5 Å². The molecular weight excluding hydrogens is 467 g/mol. The second kappa shape index (κ2) is 9.15. The van der Waals surface area contributed by atoms with Crippen molar-refractivity contribution in [3.05, 3.63) is 47.5 Å². The number of hydrogen-bond donors (Lipinski definition) is 3. The number of amides is 1. The van der Waals surface area contributed by atoms with E-state index in [1.54, 1.807) is 12.1 Å². The summed E-state index contributed by atoms with van der Waals surface area (Å²) in [5.74, 6) is -1.31. The molecular formula is C18H17ClF3NO5S2. The molecule has 1 unspecified atom stereocenters. The average molecular weight is 484 g/mol. The number of carbonyl (C=O) groups is 1. The lowest BCUT2D eigenvalue weighted by Crippen LogP contribution is -2.52. The molecule has 0 heterocycles. The number of alkyl halides is 3. The number of rotatable bonds is 7. The van der Waals surface area contributed by atoms with Gasteiger partial charge in [-0.05, 0) is 49.4 Å². The fourth-order valence-corrected chi connectivity index (χ4v) is 4.39. The highest BCUT2D eigenvalue weighted by atomic mass is 35.5. The highest BCUT2D eigenvalue weighted by Gasteiger charge is 2.55. The van der Waals surface area contributed by atoms with Gasteiger partial charge in [0.25, 0.3) is 5.91 Å². The molecule has 2 aromatic rings. The number of sulfone groups is 1. The summed E-state index contributed by atoms with van der Waals surface area (Å²) < 4.78 is 63.8. The third-order valence-corrected chi connectivity index (χ3v) is 7.06. The number of hydrogen-bond acceptors (Lipinski definition) is 6. The number of halogens is 4. The molecule has 0 spiro atoms. The van der Waals surface area contributed by atoms with Gasteiger partial charge < -0.3 is 15.5 Å². The fraction of sp³-hybridized carbons (Fsp3) is 0.278. The van der Waals surface area contributed by atoms with E-state index in [1.165, 1.54) is 23.9 Å². The van der Waals surface area contributed by atoms with Gasteiger partial charge >= 0.3 is 6.18 Å². The Hall–Kier alpha value is -1.79. The van der Waals surface area contributed by atoms with Crippen molar-refractivity contribution in [2.24, 2.45) is 0 Å². The predicted molar refractivity (Wildman–Crippen MR) is 106 cm³/mol. The first-order chi connectivity index (χ1) is 13.8. The Balaban J connectivity index is 2.26. The molecule has 0 aliphatic rings. The highest BCUT2D eigenvalue weighted by Crippen LogP contribution is 2.33. The van der Waals surface area contributed by atoms with Crippen LogP contribution >= 0.6 is 23.4 Å². The number of nitrogens with one attached hydrogen (secondary N) is 1. The van der Waals surface area contributed by atoms with Crippen LogP contribution in [0.2, 0.25) is 5.02 Å². The molecule has 0 aliphatic heterocycles. The van der Waals surface area contributed by atoms with Crippen LogP contribution in [0.15, 0.2) is 57.2 Å². The van der Waals surface area contributed by atoms with Crippen molar-refractivity contribution in [3.63, 3.8) is 0 Å². The molecule has 0 aliphatic carbocycles. The molecule has 3 N–H and O–H groups in total. The molecule has 0 radical (unpaired) electrons. The average Bonchev–Trinajstić information content (AvgIpc) is 2.67. The van der Waals surface area contributed by atoms with Crippen LogP contribution in [0.5, 0.6) is 0 Å². The minimum atomic E-state index is -5.21. The van der Waals surface area contributed by atoms with Crippen LogP contribution in [0.4, 0.5) is 18.9 Å². The first kappa shape index (κ1) is 24.5. The second-order valence-electron chi connectivity index (χ2n) is 6.21. The molecule has 1 atom stereocenters. The Morgan fingerprint density at radius 2 is 1.70 bits per heavy atom. The van der Waals surface area contributed by atoms with Gasteiger partial charge in [0.1, 0.15) is 0 Å². The van der Waals surface area contributed by atoms with Crippen molar-refractivity contribution < 1.29 is 36.6 Å². The Bertz CT molecular complexity index is 1030. The molecule has 30 heavy (non-hydrogen) atoms. The van der Waals surface area contributed by atoms with Crippen molar-refractivity contribution in [1.82, 2.24) is 0 Å². The summed E-state index contributed by atoms with van der Waals surface area (Å²) in [7, 11) is -3.98. The van der Waals surface area contributed by atoms with Gasteiger partial charge in [-0.2, -0.15) is 13.2 Å². The summed E-state index contributed by atoms with van der Waals surface area (Å²) in [4.78, 5) is 12.3. The Kier molecular flexibility index (Phi) is 7.46. The first-order valence-electron chi connectivity index (χ1n) is 8.29. The molecule has 0 aromatic heterocycles. The maximum absolute atomic E-state index is 12.8. The van der Waals surface area contributed by atoms with E-state index in [1.807, 2.05) is 5.32 Å². The van der Waals surface area contributed by atoms with Gasteiger partial charge in [-0.1, -0.05) is 11.6 Å². The van der Waals surface area contributed by atoms with Gasteiger partial charge in [-0.3, -0.25) is 4.79 Å². The molecule has 6 nitrogen and oxygen atoms in total. The SMILES string of the molecule is CC(O)(C(=O)Nc1ccc(S(=O)(=O)c2ccc(SCCO)cc2)cc1Cl)C(F)(F)F. The lowest BCUT2D eigenvalue weighted by Gasteiger charge is -2.25. The molecule has 0 saturated carbocycles. The van der Waals surface area contributed by atoms with Gasteiger partial charge in [-0.15, -0.1) is 11.8 Å². The van der Waals surface area contributed by atoms with Crippen LogP contribution in [0.1, 0.15) is 6.92 Å². The third-order valence-electron chi connectivity index (χ3n) is 3.99. The summed E-state index contributed by atoms with van der Waals surface area (Å²) in [5, 5.41) is 19.7. The lowest BCUT2D eigenvalue weighted by molar-refractivity contribution is -0.242. The number of anilines is 1. The quantitative estimate of drug-likeness (QED) is 0.521. The zero-order valence-corrected chi connectivity index (χ0v) is 17.8. The van der Waals surface area contributed by atoms with E-state index >= 15 is 0 Å². The van der Waals surface area contributed by atoms with E-state index in [-0.39, 0.29) is 34.0 Å². The standard InChI is InChI=1S/C18H17ClF3NO5S2/c1-17(26,18(20,21)22)16(25)23-15-7-6-13(10-14(15)19)30(27,28)12-4-2-11(3-5-12)29-9-8-24/h2-7,10,24,26H,8-9H2,1H3,(H,23,25). The zero-order valence-electron chi connectivity index (χ0n) is 15.4. The number of thioether (sulfide) groups is 1. The minimum absolute atomic E-state index is 0.0233. The molecule has 0 fully saturated rings. The van der Waals surface area contributed by atoms with Gasteiger partial charge in [-0.25, -0.2) is 8.42 Å². The van der Waals surface area contributed by atoms with E-state index in [0.29, 0.717) is 5.75 Å². The van der Waals surface area contributed by atoms with Crippen molar-refractivity contribution in [2.45, 2.75) is 33.4 Å². The predicted octanol–water partition coefficient (Wildman–Crippen LogP) is 3.51. The van der Waals surface area contributed by atoms with Gasteiger partial charge in [0.2, 0.25) is 15.4 Å². The molecule has 2 rings (SSSR count). The molecule has 2 aromatic carbocycles. The van der Waals surface area contributed by atoms with Crippen LogP contribution in [-0.4, -0.2) is 48.7 Å². The van der Waals surface area contributed by atoms with E-state index in [2.05, 4.69) is 0 Å². The minimum Gasteiger partial charge on any atom is -0.396 e. The third kappa shape index (κ3) is 5.27. The lowest BCUT2D eigenvalue weighted by atomic mass is 10.1. The summed E-state index contributed by atoms with van der Waals surface area (Å²) in [6, 6.07) is 8.99. The van der Waals surface area contributed by atoms with Gasteiger partial charge in [0.05, 0.1) is 27.1 Å². The van der Waals surface area contributed by atoms with E-state index in [4.69, 9.17) is 16.7 Å². The van der Waals surface area contributed by atoms with Crippen LogP contribution < -0.4 is 5.32 Å². The van der Waals surface area contributed by atoms with Crippen molar-refractivity contribution >= 4 is 44.8 Å². The number of carbonyl (C=O) groups excluding carboxylic acids is 1. The molecule has 0 saturated heterocycles. The molecule has 1 amide bonds. The number of aliphatic hydroxyl groups is 2. The van der Waals surface area contributed by atoms with Crippen molar-refractivity contribution in [3.8, 4) is 0 Å². The Labute approximate surface area is 180 Å². The van der Waals surface area contributed by atoms with Crippen LogP contribution in [0.3, 0.4) is 0 Å². The Morgan fingerprint density at radius 3 is 2.20 bits per heavy atom. The van der Waals surface area contributed by atoms with Gasteiger partial charge in [0, 0.05) is 10.6 Å². The van der Waals surface area contributed by atoms with Gasteiger partial charge in [0.15, 0.2) is 0 Å². The largest absolute Gasteiger partial charge is 0.426 e. The topological polar surface area (TPSA) is 104 Å². The molecule has 0 bridgehead atoms. The highest BCUT2D eigenvalue weighted by molar-refractivity contribution is 7.99. The molecule has 164 valence electrons. The van der Waals surface area contributed by atoms with Crippen LogP contribution in [0.25, 0.3) is 0 Å². The van der Waals surface area contributed by atoms with Crippen molar-refractivity contribution in [2.75, 3.05) is 17.7 Å². The van der Waals surface area contributed by atoms with Crippen molar-refractivity contribution in [1.29, 1.82) is 0 Å². The first-order valence-corrected chi connectivity index (χ1v) is 11.1. The number of benzene rings is 2. The second-order valence-corrected chi connectivity index (χ2v) is 9.74. The summed E-state index contributed by atoms with van der Waals surface area (Å²) in [6.07, 6.45) is -5.21. The summed E-state index contributed by atoms with van der Waals surface area (Å²) in [6.45, 7) is 0.266. The van der Waals surface area contributed by atoms with Crippen LogP contribution in [0, 0.1) is 0 Å². The fourth-order valence-electron chi connectivity index (χ4n) is 2.15. The molecule has 12 heteroatoms. The smallest absolute Gasteiger partial charge is 0.396 e. The maximum atomic E-state index is 12.8. The summed E-state index contributed by atoms with van der Waals surface area (Å²) in [5.41, 5.74) is -3.95. The normalized spacial score (nSPS) is 14.2. The maximum Gasteiger partial charge on any atom is 0.426 e. The van der Waals surface area contributed by atoms with Crippen LogP contribution in [-0.2, 0) is 14.6 Å².